The van der Waals surface area contributed by atoms with Gasteiger partial charge in [-0.2, -0.15) is 0 Å². The lowest BCUT2D eigenvalue weighted by Crippen LogP contribution is -2.35. The summed E-state index contributed by atoms with van der Waals surface area (Å²) in [5.41, 5.74) is 8.48. The Bertz CT molecular complexity index is 1500. The molecule has 0 spiro atoms. The monoisotopic (exact) mass is 558 g/mol. The molecule has 0 aromatic heterocycles. The minimum atomic E-state index is -0.595. The van der Waals surface area contributed by atoms with Gasteiger partial charge in [-0.05, 0) is 60.3 Å². The molecule has 0 N–H and O–H groups in total. The Balaban J connectivity index is 1.20. The van der Waals surface area contributed by atoms with Gasteiger partial charge in [-0.15, -0.1) is 0 Å². The first-order chi connectivity index (χ1) is 20.5. The lowest BCUT2D eigenvalue weighted by Gasteiger charge is -2.35. The molecular weight excluding hydrogens is 524 g/mol. The fourth-order valence-corrected chi connectivity index (χ4v) is 5.99. The Morgan fingerprint density at radius 3 is 1.40 bits per heavy atom. The summed E-state index contributed by atoms with van der Waals surface area (Å²) in [7, 11) is 3.89. The maximum absolute atomic E-state index is 13.1. The van der Waals surface area contributed by atoms with E-state index >= 15 is 0 Å². The van der Waals surface area contributed by atoms with Gasteiger partial charge in [-0.1, -0.05) is 97.1 Å². The molecule has 2 heterocycles. The van der Waals surface area contributed by atoms with Crippen molar-refractivity contribution < 1.29 is 19.1 Å². The predicted octanol–water partition coefficient (Wildman–Crippen LogP) is 6.34. The largest absolute Gasteiger partial charge is 0.439 e. The van der Waals surface area contributed by atoms with Gasteiger partial charge in [0.05, 0.1) is 0 Å². The Labute approximate surface area is 246 Å². The molecule has 0 aliphatic carbocycles. The van der Waals surface area contributed by atoms with E-state index in [0.29, 0.717) is 0 Å². The summed E-state index contributed by atoms with van der Waals surface area (Å²) in [6.45, 7) is 1.51. The van der Waals surface area contributed by atoms with Crippen LogP contribution in [0.25, 0.3) is 22.3 Å². The number of carbonyl (C=O) groups excluding carboxylic acids is 2. The lowest BCUT2D eigenvalue weighted by atomic mass is 9.90. The number of hydrogen-bond acceptors (Lipinski definition) is 6. The molecule has 4 aromatic rings. The maximum Gasteiger partial charge on any atom is 0.332 e. The van der Waals surface area contributed by atoms with Gasteiger partial charge < -0.3 is 9.47 Å². The molecule has 4 aromatic carbocycles. The highest BCUT2D eigenvalue weighted by Gasteiger charge is 2.32. The van der Waals surface area contributed by atoms with Gasteiger partial charge in [-0.3, -0.25) is 9.80 Å². The molecule has 6 nitrogen and oxygen atoms in total. The third-order valence-corrected chi connectivity index (χ3v) is 8.14. The summed E-state index contributed by atoms with van der Waals surface area (Å²) < 4.78 is 11.9. The number of nitrogens with zero attached hydrogens (tertiary/aromatic N) is 2. The summed E-state index contributed by atoms with van der Waals surface area (Å²) in [5.74, 6) is -1.19. The van der Waals surface area contributed by atoms with Crippen molar-refractivity contribution in [3.05, 3.63) is 131 Å². The Morgan fingerprint density at radius 1 is 0.595 bits per heavy atom. The summed E-state index contributed by atoms with van der Waals surface area (Å²) in [6.07, 6.45) is 2.94. The SMILES string of the molecule is CN1CCc2cccc(-c3ccccc3)c2C1OC(=O)/C=C\C(=O)OC1c2c(cccc2-c2ccccc2)CCN1C. The minimum Gasteiger partial charge on any atom is -0.439 e. The van der Waals surface area contributed by atoms with E-state index in [1.54, 1.807) is 0 Å². The molecule has 6 heteroatoms. The molecule has 0 fully saturated rings. The van der Waals surface area contributed by atoms with Crippen LogP contribution in [0, 0.1) is 0 Å². The first-order valence-electron chi connectivity index (χ1n) is 14.3. The third kappa shape index (κ3) is 5.64. The predicted molar refractivity (Wildman–Crippen MR) is 163 cm³/mol. The third-order valence-electron chi connectivity index (χ3n) is 8.14. The van der Waals surface area contributed by atoms with E-state index in [0.717, 1.165) is 70.4 Å². The number of esters is 2. The van der Waals surface area contributed by atoms with E-state index in [4.69, 9.17) is 9.47 Å². The quantitative estimate of drug-likeness (QED) is 0.203. The van der Waals surface area contributed by atoms with Crippen LogP contribution in [-0.2, 0) is 31.9 Å². The van der Waals surface area contributed by atoms with Crippen LogP contribution in [0.15, 0.2) is 109 Å². The summed E-state index contributed by atoms with van der Waals surface area (Å²) in [6, 6.07) is 32.6. The van der Waals surface area contributed by atoms with Gasteiger partial charge in [-0.25, -0.2) is 9.59 Å². The maximum atomic E-state index is 13.1. The molecule has 0 amide bonds. The second-order valence-corrected chi connectivity index (χ2v) is 10.9. The van der Waals surface area contributed by atoms with Crippen LogP contribution in [0.2, 0.25) is 0 Å². The average molecular weight is 559 g/mol. The van der Waals surface area contributed by atoms with Gasteiger partial charge in [0.1, 0.15) is 0 Å². The van der Waals surface area contributed by atoms with Gasteiger partial charge in [0, 0.05) is 36.4 Å². The molecule has 2 unspecified atom stereocenters. The fraction of sp³-hybridized carbons (Fsp3) is 0.222. The van der Waals surface area contributed by atoms with Crippen molar-refractivity contribution in [3.63, 3.8) is 0 Å². The van der Waals surface area contributed by atoms with Crippen LogP contribution in [0.3, 0.4) is 0 Å². The summed E-state index contributed by atoms with van der Waals surface area (Å²) in [5, 5.41) is 0. The molecule has 2 aliphatic rings. The highest BCUT2D eigenvalue weighted by atomic mass is 16.6. The number of likely N-dealkylation sites (N-methyl/N-ethyl adjacent to an activating group) is 2. The van der Waals surface area contributed by atoms with Crippen molar-refractivity contribution in [3.8, 4) is 22.3 Å². The van der Waals surface area contributed by atoms with Gasteiger partial charge >= 0.3 is 11.9 Å². The fourth-order valence-electron chi connectivity index (χ4n) is 5.99. The van der Waals surface area contributed by atoms with Crippen molar-refractivity contribution in [1.82, 2.24) is 9.80 Å². The molecule has 6 rings (SSSR count). The van der Waals surface area contributed by atoms with E-state index in [1.807, 2.05) is 72.4 Å². The normalized spacial score (nSPS) is 18.7. The van der Waals surface area contributed by atoms with Crippen LogP contribution >= 0.6 is 0 Å². The van der Waals surface area contributed by atoms with Crippen LogP contribution in [-0.4, -0.2) is 48.9 Å². The number of rotatable bonds is 6. The molecule has 0 saturated carbocycles. The standard InChI is InChI=1S/C36H34N2O4/c1-37-23-21-27-15-9-17-29(25-11-5-3-6-12-25)33(27)35(37)41-31(39)19-20-32(40)42-36-34-28(22-24-38(36)2)16-10-18-30(34)26-13-7-4-8-14-26/h3-20,35-36H,21-24H2,1-2H3/b20-19-. The Morgan fingerprint density at radius 2 is 1.00 bits per heavy atom. The topological polar surface area (TPSA) is 59.1 Å². The zero-order valence-electron chi connectivity index (χ0n) is 23.9. The zero-order valence-corrected chi connectivity index (χ0v) is 23.9. The van der Waals surface area contributed by atoms with Crippen molar-refractivity contribution in [1.29, 1.82) is 0 Å². The first kappa shape index (κ1) is 27.6. The number of benzene rings is 4. The van der Waals surface area contributed by atoms with E-state index in [9.17, 15) is 9.59 Å². The number of ether oxygens (including phenoxy) is 2. The van der Waals surface area contributed by atoms with E-state index in [1.165, 1.54) is 12.2 Å². The molecule has 0 radical (unpaired) electrons. The van der Waals surface area contributed by atoms with Crippen molar-refractivity contribution in [2.45, 2.75) is 25.3 Å². The smallest absolute Gasteiger partial charge is 0.332 e. The van der Waals surface area contributed by atoms with E-state index < -0.39 is 24.4 Å². The second-order valence-electron chi connectivity index (χ2n) is 10.9. The number of hydrogen-bond donors (Lipinski definition) is 0. The Hall–Kier alpha value is -4.52. The molecule has 42 heavy (non-hydrogen) atoms. The second kappa shape index (κ2) is 12.1. The van der Waals surface area contributed by atoms with Gasteiger partial charge in [0.15, 0.2) is 12.5 Å². The molecule has 212 valence electrons. The van der Waals surface area contributed by atoms with E-state index in [2.05, 4.69) is 48.5 Å². The van der Waals surface area contributed by atoms with Gasteiger partial charge in [0.25, 0.3) is 0 Å². The molecule has 2 aliphatic heterocycles. The summed E-state index contributed by atoms with van der Waals surface area (Å²) >= 11 is 0. The number of fused-ring (bicyclic) bond motifs is 2. The number of carbonyl (C=O) groups is 2. The van der Waals surface area contributed by atoms with Crippen LogP contribution in [0.5, 0.6) is 0 Å². The lowest BCUT2D eigenvalue weighted by molar-refractivity contribution is -0.156. The van der Waals surface area contributed by atoms with Crippen molar-refractivity contribution >= 4 is 11.9 Å². The molecular formula is C36H34N2O4. The van der Waals surface area contributed by atoms with Gasteiger partial charge in [0.2, 0.25) is 0 Å². The van der Waals surface area contributed by atoms with Crippen LogP contribution < -0.4 is 0 Å². The molecule has 2 atom stereocenters. The minimum absolute atomic E-state index is 0.567. The molecule has 0 saturated heterocycles. The van der Waals surface area contributed by atoms with Crippen molar-refractivity contribution in [2.24, 2.45) is 0 Å². The summed E-state index contributed by atoms with van der Waals surface area (Å²) in [4.78, 5) is 30.2. The first-order valence-corrected chi connectivity index (χ1v) is 14.3. The highest BCUT2D eigenvalue weighted by molar-refractivity contribution is 5.92. The zero-order chi connectivity index (χ0) is 29.1. The van der Waals surface area contributed by atoms with Crippen LogP contribution in [0.1, 0.15) is 34.7 Å². The van der Waals surface area contributed by atoms with E-state index in [-0.39, 0.29) is 0 Å². The molecule has 0 bridgehead atoms. The average Bonchev–Trinajstić information content (AvgIpc) is 3.03. The highest BCUT2D eigenvalue weighted by Crippen LogP contribution is 2.39. The Kier molecular flexibility index (Phi) is 8.00. The van der Waals surface area contributed by atoms with Crippen LogP contribution in [0.4, 0.5) is 0 Å². The van der Waals surface area contributed by atoms with Crippen molar-refractivity contribution in [2.75, 3.05) is 27.2 Å².